The summed E-state index contributed by atoms with van der Waals surface area (Å²) in [5.74, 6) is 0.207. The van der Waals surface area contributed by atoms with Crippen LogP contribution >= 0.6 is 0 Å². The molecule has 1 aromatic carbocycles. The number of ether oxygens (including phenoxy) is 2. The van der Waals surface area contributed by atoms with Crippen molar-refractivity contribution >= 4 is 23.5 Å². The molecule has 0 spiro atoms. The number of carbonyl (C=O) groups excluding carboxylic acids is 3. The number of nitrogens with one attached hydrogen (secondary N) is 1. The topological polar surface area (TPSA) is 88.2 Å². The highest BCUT2D eigenvalue weighted by Crippen LogP contribution is 2.20. The second kappa shape index (κ2) is 11.5. The average Bonchev–Trinajstić information content (AvgIpc) is 2.77. The van der Waals surface area contributed by atoms with Crippen molar-refractivity contribution in [3.63, 3.8) is 0 Å². The minimum atomic E-state index is -0.421. The molecule has 0 aromatic heterocycles. The first-order valence-corrected chi connectivity index (χ1v) is 10.5. The number of benzene rings is 1. The zero-order valence-electron chi connectivity index (χ0n) is 18.3. The number of nitrogens with zero attached hydrogens (tertiary/aromatic N) is 2. The number of likely N-dealkylation sites (N-methyl/N-ethyl adjacent to an activating group) is 1. The summed E-state index contributed by atoms with van der Waals surface area (Å²) in [6.07, 6.45) is 1.22. The van der Waals surface area contributed by atoms with Gasteiger partial charge in [-0.2, -0.15) is 0 Å². The first kappa shape index (κ1) is 23.7. The van der Waals surface area contributed by atoms with Crippen molar-refractivity contribution < 1.29 is 23.9 Å². The summed E-state index contributed by atoms with van der Waals surface area (Å²) in [5, 5.41) is 2.85. The fraction of sp³-hybridized carbons (Fsp3) is 0.591. The van der Waals surface area contributed by atoms with Gasteiger partial charge in [-0.05, 0) is 57.5 Å². The Labute approximate surface area is 178 Å². The van der Waals surface area contributed by atoms with Crippen molar-refractivity contribution in [2.24, 2.45) is 5.92 Å². The summed E-state index contributed by atoms with van der Waals surface area (Å²) in [6.45, 7) is 7.67. The van der Waals surface area contributed by atoms with E-state index in [1.54, 1.807) is 43.2 Å². The predicted octanol–water partition coefficient (Wildman–Crippen LogP) is 2.15. The summed E-state index contributed by atoms with van der Waals surface area (Å²) in [5.41, 5.74) is 0.678. The Kier molecular flexibility index (Phi) is 9.11. The molecule has 8 heteroatoms. The second-order valence-corrected chi connectivity index (χ2v) is 7.37. The summed E-state index contributed by atoms with van der Waals surface area (Å²) in [7, 11) is 1.59. The molecule has 1 aliphatic heterocycles. The van der Waals surface area contributed by atoms with Crippen LogP contribution in [0.25, 0.3) is 0 Å². The minimum Gasteiger partial charge on any atom is -0.497 e. The van der Waals surface area contributed by atoms with Crippen LogP contribution in [0.1, 0.15) is 33.6 Å². The molecule has 1 N–H and O–H groups in total. The van der Waals surface area contributed by atoms with Gasteiger partial charge in [-0.1, -0.05) is 6.92 Å². The number of piperidine rings is 1. The van der Waals surface area contributed by atoms with Crippen LogP contribution in [0.5, 0.6) is 5.75 Å². The minimum absolute atomic E-state index is 0.0172. The maximum Gasteiger partial charge on any atom is 0.309 e. The number of hydrogen-bond acceptors (Lipinski definition) is 6. The lowest BCUT2D eigenvalue weighted by Gasteiger charge is -2.35. The van der Waals surface area contributed by atoms with Crippen LogP contribution in [0, 0.1) is 5.92 Å². The number of esters is 1. The molecule has 1 fully saturated rings. The van der Waals surface area contributed by atoms with Gasteiger partial charge in [0.25, 0.3) is 0 Å². The quantitative estimate of drug-likeness (QED) is 0.617. The van der Waals surface area contributed by atoms with Crippen LogP contribution in [0.15, 0.2) is 24.3 Å². The van der Waals surface area contributed by atoms with E-state index in [1.165, 1.54) is 0 Å². The molecule has 2 rings (SSSR count). The smallest absolute Gasteiger partial charge is 0.309 e. The third-order valence-corrected chi connectivity index (χ3v) is 5.46. The highest BCUT2D eigenvalue weighted by Gasteiger charge is 2.32. The lowest BCUT2D eigenvalue weighted by molar-refractivity contribution is -0.152. The molecule has 0 unspecified atom stereocenters. The Balaban J connectivity index is 1.87. The predicted molar refractivity (Wildman–Crippen MR) is 114 cm³/mol. The Bertz CT molecular complexity index is 714. The number of hydrogen-bond donors (Lipinski definition) is 1. The monoisotopic (exact) mass is 419 g/mol. The van der Waals surface area contributed by atoms with Gasteiger partial charge in [0.05, 0.1) is 32.2 Å². The summed E-state index contributed by atoms with van der Waals surface area (Å²) < 4.78 is 10.2. The van der Waals surface area contributed by atoms with E-state index < -0.39 is 6.04 Å². The molecular formula is C22H33N3O5. The van der Waals surface area contributed by atoms with Gasteiger partial charge < -0.3 is 19.7 Å². The average molecular weight is 420 g/mol. The van der Waals surface area contributed by atoms with E-state index in [2.05, 4.69) is 5.32 Å². The van der Waals surface area contributed by atoms with Crippen molar-refractivity contribution in [1.82, 2.24) is 9.80 Å². The van der Waals surface area contributed by atoms with Gasteiger partial charge in [0.1, 0.15) is 5.75 Å². The number of carbonyl (C=O) groups is 3. The molecule has 8 nitrogen and oxygen atoms in total. The molecule has 0 aliphatic carbocycles. The first-order chi connectivity index (χ1) is 14.4. The molecule has 2 amide bonds. The van der Waals surface area contributed by atoms with E-state index in [4.69, 9.17) is 9.47 Å². The molecule has 1 aromatic rings. The zero-order chi connectivity index (χ0) is 22.1. The Morgan fingerprint density at radius 2 is 1.80 bits per heavy atom. The van der Waals surface area contributed by atoms with E-state index in [-0.39, 0.29) is 30.2 Å². The lowest BCUT2D eigenvalue weighted by Crippen LogP contribution is -2.51. The summed E-state index contributed by atoms with van der Waals surface area (Å²) in [6, 6.07) is 6.68. The van der Waals surface area contributed by atoms with Crippen LogP contribution < -0.4 is 10.1 Å². The third kappa shape index (κ3) is 6.45. The first-order valence-electron chi connectivity index (χ1n) is 10.5. The van der Waals surface area contributed by atoms with Gasteiger partial charge in [0.15, 0.2) is 0 Å². The van der Waals surface area contributed by atoms with E-state index >= 15 is 0 Å². The normalized spacial score (nSPS) is 15.6. The van der Waals surface area contributed by atoms with Crippen LogP contribution in [0.4, 0.5) is 5.69 Å². The van der Waals surface area contributed by atoms with Gasteiger partial charge >= 0.3 is 5.97 Å². The highest BCUT2D eigenvalue weighted by molar-refractivity contribution is 5.93. The van der Waals surface area contributed by atoms with Crippen LogP contribution in [0.2, 0.25) is 0 Å². The molecule has 1 heterocycles. The number of anilines is 1. The molecule has 1 atom stereocenters. The Hall–Kier alpha value is -2.61. The van der Waals surface area contributed by atoms with E-state index in [9.17, 15) is 14.4 Å². The van der Waals surface area contributed by atoms with Gasteiger partial charge in [0, 0.05) is 18.8 Å². The van der Waals surface area contributed by atoms with Crippen LogP contribution in [-0.2, 0) is 19.1 Å². The highest BCUT2D eigenvalue weighted by atomic mass is 16.5. The second-order valence-electron chi connectivity index (χ2n) is 7.37. The fourth-order valence-corrected chi connectivity index (χ4v) is 3.60. The maximum absolute atomic E-state index is 12.9. The molecule has 30 heavy (non-hydrogen) atoms. The maximum atomic E-state index is 12.9. The molecule has 166 valence electrons. The van der Waals surface area contributed by atoms with Crippen molar-refractivity contribution in [1.29, 1.82) is 0 Å². The van der Waals surface area contributed by atoms with E-state index in [0.717, 1.165) is 0 Å². The molecule has 0 bridgehead atoms. The van der Waals surface area contributed by atoms with Crippen molar-refractivity contribution in [2.75, 3.05) is 45.2 Å². The number of rotatable bonds is 9. The lowest BCUT2D eigenvalue weighted by atomic mass is 9.96. The number of amides is 2. The van der Waals surface area contributed by atoms with Crippen molar-refractivity contribution in [3.05, 3.63) is 24.3 Å². The molecule has 1 saturated heterocycles. The summed E-state index contributed by atoms with van der Waals surface area (Å²) in [4.78, 5) is 40.9. The van der Waals surface area contributed by atoms with Crippen molar-refractivity contribution in [3.8, 4) is 5.75 Å². The standard InChI is InChI=1S/C22H33N3O5/c1-5-24(15-20(26)23-18-7-9-19(29-4)10-8-18)16(3)21(27)25-13-11-17(12-14-25)22(28)30-6-2/h7-10,16-17H,5-6,11-15H2,1-4H3,(H,23,26)/t16-/m0/s1. The number of methoxy groups -OCH3 is 1. The van der Waals surface area contributed by atoms with Gasteiger partial charge in [0.2, 0.25) is 11.8 Å². The van der Waals surface area contributed by atoms with Crippen LogP contribution in [0.3, 0.4) is 0 Å². The van der Waals surface area contributed by atoms with Gasteiger partial charge in [-0.25, -0.2) is 0 Å². The molecule has 1 aliphatic rings. The summed E-state index contributed by atoms with van der Waals surface area (Å²) >= 11 is 0. The van der Waals surface area contributed by atoms with Crippen LogP contribution in [-0.4, -0.2) is 73.5 Å². The molecule has 0 saturated carbocycles. The molecule has 0 radical (unpaired) electrons. The van der Waals surface area contributed by atoms with Gasteiger partial charge in [-0.3, -0.25) is 19.3 Å². The Morgan fingerprint density at radius 3 is 2.33 bits per heavy atom. The SMILES string of the molecule is CCOC(=O)C1CCN(C(=O)[C@H](C)N(CC)CC(=O)Nc2ccc(OC)cc2)CC1. The third-order valence-electron chi connectivity index (χ3n) is 5.46. The largest absolute Gasteiger partial charge is 0.497 e. The zero-order valence-corrected chi connectivity index (χ0v) is 18.3. The van der Waals surface area contributed by atoms with E-state index in [0.29, 0.717) is 50.5 Å². The van der Waals surface area contributed by atoms with E-state index in [1.807, 2.05) is 18.7 Å². The molecular weight excluding hydrogens is 386 g/mol. The Morgan fingerprint density at radius 1 is 1.17 bits per heavy atom. The number of likely N-dealkylation sites (tertiary alicyclic amines) is 1. The fourth-order valence-electron chi connectivity index (χ4n) is 3.60. The van der Waals surface area contributed by atoms with Gasteiger partial charge in [-0.15, -0.1) is 0 Å². The van der Waals surface area contributed by atoms with Crippen molar-refractivity contribution in [2.45, 2.75) is 39.7 Å².